The van der Waals surface area contributed by atoms with Crippen molar-refractivity contribution >= 4 is 18.1 Å². The molecule has 2 aromatic rings. The fraction of sp³-hybridized carbons (Fsp3) is 0.476. The van der Waals surface area contributed by atoms with Crippen molar-refractivity contribution in [3.63, 3.8) is 0 Å². The number of carbonyl (C=O) groups excluding carboxylic acids is 1. The average Bonchev–Trinajstić information content (AvgIpc) is 3.06. The van der Waals surface area contributed by atoms with E-state index in [0.717, 1.165) is 5.56 Å². The maximum atomic E-state index is 11.7. The number of aliphatic hydroxyl groups is 3. The van der Waals surface area contributed by atoms with Gasteiger partial charge in [0.2, 0.25) is 10.7 Å². The zero-order valence-corrected chi connectivity index (χ0v) is 18.7. The van der Waals surface area contributed by atoms with Crippen LogP contribution in [0.2, 0.25) is 0 Å². The van der Waals surface area contributed by atoms with Gasteiger partial charge in [0.05, 0.1) is 6.61 Å². The first kappa shape index (κ1) is 24.1. The van der Waals surface area contributed by atoms with Gasteiger partial charge in [-0.1, -0.05) is 24.3 Å². The molecule has 5 atom stereocenters. The Morgan fingerprint density at radius 3 is 2.72 bits per heavy atom. The molecule has 2 heterocycles. The van der Waals surface area contributed by atoms with Crippen LogP contribution < -0.4 is 10.1 Å². The number of hydrogen-bond acceptors (Lipinski definition) is 8. The third-order valence-electron chi connectivity index (χ3n) is 5.23. The lowest BCUT2D eigenvalue weighted by Crippen LogP contribution is -2.62. The fourth-order valence-corrected chi connectivity index (χ4v) is 3.92. The summed E-state index contributed by atoms with van der Waals surface area (Å²) < 4.78 is 15.0. The van der Waals surface area contributed by atoms with Crippen LogP contribution in [0.25, 0.3) is 0 Å². The van der Waals surface area contributed by atoms with E-state index in [9.17, 15) is 20.1 Å². The first-order chi connectivity index (χ1) is 15.3. The van der Waals surface area contributed by atoms with E-state index in [1.807, 2.05) is 31.2 Å². The average molecular weight is 465 g/mol. The SMILES string of the molecule is C=CCn1c(COc2ccccc2C)nn([C@@H]2O[C@H](CO)[C@@H](O)[C@H](O)[C@H]2NC(C)=O)c1=S. The molecule has 4 N–H and O–H groups in total. The molecule has 174 valence electrons. The molecular weight excluding hydrogens is 436 g/mol. The van der Waals surface area contributed by atoms with E-state index in [2.05, 4.69) is 17.0 Å². The van der Waals surface area contributed by atoms with E-state index in [1.54, 1.807) is 10.6 Å². The Morgan fingerprint density at radius 1 is 1.38 bits per heavy atom. The molecular formula is C21H28N4O6S. The number of carbonyl (C=O) groups is 1. The van der Waals surface area contributed by atoms with Crippen molar-refractivity contribution in [1.29, 1.82) is 0 Å². The molecule has 0 bridgehead atoms. The van der Waals surface area contributed by atoms with Crippen molar-refractivity contribution in [2.45, 2.75) is 57.6 Å². The topological polar surface area (TPSA) is 131 Å². The van der Waals surface area contributed by atoms with E-state index < -0.39 is 43.1 Å². The predicted molar refractivity (Wildman–Crippen MR) is 117 cm³/mol. The third-order valence-corrected chi connectivity index (χ3v) is 5.64. The minimum atomic E-state index is -1.41. The van der Waals surface area contributed by atoms with Crippen molar-refractivity contribution in [2.75, 3.05) is 6.61 Å². The number of aliphatic hydroxyl groups excluding tert-OH is 3. The molecule has 32 heavy (non-hydrogen) atoms. The van der Waals surface area contributed by atoms with E-state index in [0.29, 0.717) is 18.1 Å². The van der Waals surface area contributed by atoms with Crippen molar-refractivity contribution in [1.82, 2.24) is 19.7 Å². The monoisotopic (exact) mass is 464 g/mol. The largest absolute Gasteiger partial charge is 0.485 e. The molecule has 0 spiro atoms. The quantitative estimate of drug-likeness (QED) is 0.330. The maximum absolute atomic E-state index is 11.7. The summed E-state index contributed by atoms with van der Waals surface area (Å²) in [5.41, 5.74) is 0.963. The summed E-state index contributed by atoms with van der Waals surface area (Å²) in [6, 6.07) is 6.51. The minimum Gasteiger partial charge on any atom is -0.485 e. The molecule has 0 radical (unpaired) electrons. The number of rotatable bonds is 8. The second-order valence-electron chi connectivity index (χ2n) is 7.55. The highest BCUT2D eigenvalue weighted by Gasteiger charge is 2.46. The molecule has 1 aliphatic rings. The van der Waals surface area contributed by atoms with Gasteiger partial charge in [0.15, 0.2) is 12.1 Å². The van der Waals surface area contributed by atoms with Crippen LogP contribution in [0.5, 0.6) is 5.75 Å². The molecule has 1 aliphatic heterocycles. The van der Waals surface area contributed by atoms with Crippen LogP contribution >= 0.6 is 12.2 Å². The van der Waals surface area contributed by atoms with Gasteiger partial charge in [-0.3, -0.25) is 9.36 Å². The number of nitrogens with one attached hydrogen (secondary N) is 1. The summed E-state index contributed by atoms with van der Waals surface area (Å²) in [6.07, 6.45) is -3.31. The molecule has 1 fully saturated rings. The van der Waals surface area contributed by atoms with Gasteiger partial charge in [-0.2, -0.15) is 5.10 Å². The van der Waals surface area contributed by atoms with Gasteiger partial charge in [-0.15, -0.1) is 6.58 Å². The Morgan fingerprint density at radius 2 is 2.09 bits per heavy atom. The summed E-state index contributed by atoms with van der Waals surface area (Å²) in [5.74, 6) is 0.740. The van der Waals surface area contributed by atoms with Crippen LogP contribution in [0.3, 0.4) is 0 Å². The van der Waals surface area contributed by atoms with Gasteiger partial charge in [0, 0.05) is 13.5 Å². The lowest BCUT2D eigenvalue weighted by atomic mass is 9.96. The summed E-state index contributed by atoms with van der Waals surface area (Å²) in [5, 5.41) is 37.6. The van der Waals surface area contributed by atoms with Crippen LogP contribution in [-0.4, -0.2) is 66.5 Å². The summed E-state index contributed by atoms with van der Waals surface area (Å²) >= 11 is 5.59. The van der Waals surface area contributed by atoms with Gasteiger partial charge < -0.3 is 30.1 Å². The molecule has 10 nitrogen and oxygen atoms in total. The molecule has 1 aromatic carbocycles. The van der Waals surface area contributed by atoms with Gasteiger partial charge in [-0.25, -0.2) is 4.68 Å². The number of ether oxygens (including phenoxy) is 2. The van der Waals surface area contributed by atoms with E-state index >= 15 is 0 Å². The fourth-order valence-electron chi connectivity index (χ4n) is 3.60. The van der Waals surface area contributed by atoms with E-state index in [-0.39, 0.29) is 11.4 Å². The number of para-hydroxylation sites is 1. The molecule has 0 saturated carbocycles. The molecule has 1 amide bonds. The zero-order valence-electron chi connectivity index (χ0n) is 17.9. The lowest BCUT2D eigenvalue weighted by Gasteiger charge is -2.42. The number of allylic oxidation sites excluding steroid dienone is 1. The Hall–Kier alpha value is -2.57. The molecule has 0 aliphatic carbocycles. The zero-order chi connectivity index (χ0) is 23.4. The second-order valence-corrected chi connectivity index (χ2v) is 7.92. The summed E-state index contributed by atoms with van der Waals surface area (Å²) in [6.45, 7) is 6.88. The second kappa shape index (κ2) is 10.4. The van der Waals surface area contributed by atoms with Crippen molar-refractivity contribution in [3.8, 4) is 5.75 Å². The van der Waals surface area contributed by atoms with Crippen LogP contribution in [0.15, 0.2) is 36.9 Å². The third kappa shape index (κ3) is 4.92. The number of hydrogen-bond donors (Lipinski definition) is 4. The van der Waals surface area contributed by atoms with Gasteiger partial charge in [0.25, 0.3) is 0 Å². The van der Waals surface area contributed by atoms with Crippen LogP contribution in [0, 0.1) is 11.7 Å². The highest BCUT2D eigenvalue weighted by Crippen LogP contribution is 2.29. The number of amides is 1. The van der Waals surface area contributed by atoms with Gasteiger partial charge in [-0.05, 0) is 30.8 Å². The number of aryl methyl sites for hydroxylation is 1. The van der Waals surface area contributed by atoms with Gasteiger partial charge >= 0.3 is 0 Å². The number of benzene rings is 1. The van der Waals surface area contributed by atoms with Gasteiger partial charge in [0.1, 0.15) is 36.7 Å². The predicted octanol–water partition coefficient (Wildman–Crippen LogP) is 0.604. The lowest BCUT2D eigenvalue weighted by molar-refractivity contribution is -0.219. The maximum Gasteiger partial charge on any atom is 0.217 e. The van der Waals surface area contributed by atoms with Crippen LogP contribution in [0.4, 0.5) is 0 Å². The Bertz CT molecular complexity index is 1020. The Balaban J connectivity index is 1.98. The van der Waals surface area contributed by atoms with Crippen LogP contribution in [-0.2, 0) is 22.7 Å². The van der Waals surface area contributed by atoms with Crippen LogP contribution in [0.1, 0.15) is 24.5 Å². The molecule has 11 heteroatoms. The first-order valence-electron chi connectivity index (χ1n) is 10.2. The molecule has 3 rings (SSSR count). The number of aromatic nitrogens is 3. The smallest absolute Gasteiger partial charge is 0.217 e. The molecule has 1 aromatic heterocycles. The Labute approximate surface area is 190 Å². The normalized spacial score (nSPS) is 25.3. The summed E-state index contributed by atoms with van der Waals surface area (Å²) in [7, 11) is 0. The highest BCUT2D eigenvalue weighted by atomic mass is 32.1. The minimum absolute atomic E-state index is 0.0987. The molecule has 0 unspecified atom stereocenters. The Kier molecular flexibility index (Phi) is 7.80. The van der Waals surface area contributed by atoms with Crippen molar-refractivity contribution < 1.29 is 29.6 Å². The standard InChI is InChI=1S/C21H28N4O6S/c1-4-9-24-16(11-30-14-8-6-5-7-12(14)2)23-25(21(24)32)20-17(22-13(3)27)19(29)18(28)15(10-26)31-20/h4-8,15,17-20,26,28-29H,1,9-11H2,2-3H3,(H,22,27)/t15-,17-,18-,19-,20-/m1/s1. The molecule has 1 saturated heterocycles. The van der Waals surface area contributed by atoms with Crippen molar-refractivity contribution in [2.24, 2.45) is 0 Å². The summed E-state index contributed by atoms with van der Waals surface area (Å²) in [4.78, 5) is 11.7. The number of nitrogens with zero attached hydrogens (tertiary/aromatic N) is 3. The first-order valence-corrected chi connectivity index (χ1v) is 10.6. The van der Waals surface area contributed by atoms with E-state index in [4.69, 9.17) is 21.7 Å². The van der Waals surface area contributed by atoms with E-state index in [1.165, 1.54) is 11.6 Å². The highest BCUT2D eigenvalue weighted by molar-refractivity contribution is 7.71. The van der Waals surface area contributed by atoms with Crippen molar-refractivity contribution in [3.05, 3.63) is 53.1 Å².